The van der Waals surface area contributed by atoms with Crippen LogP contribution < -0.4 is 15.4 Å². The van der Waals surface area contributed by atoms with E-state index in [0.29, 0.717) is 34.5 Å². The maximum Gasteiger partial charge on any atom is 0.324 e. The number of cyclic esters (lactones) is 1. The largest absolute Gasteiger partial charge is 0.491 e. The number of nitrogens with one attached hydrogen (secondary N) is 2. The van der Waals surface area contributed by atoms with Crippen LogP contribution in [0.15, 0.2) is 139 Å². The number of aliphatic hydroxyl groups excluding tert-OH is 1. The van der Waals surface area contributed by atoms with Crippen molar-refractivity contribution in [1.82, 2.24) is 15.2 Å². The number of aliphatic hydroxyl groups is 1. The zero-order chi connectivity index (χ0) is 41.1. The summed E-state index contributed by atoms with van der Waals surface area (Å²) in [4.78, 5) is 52.3. The average Bonchev–Trinajstić information content (AvgIpc) is 3.77. The first-order valence-electron chi connectivity index (χ1n) is 20.7. The molecule has 10 heteroatoms. The first kappa shape index (κ1) is 38.9. The molecule has 10 nitrogen and oxygen atoms in total. The van der Waals surface area contributed by atoms with Crippen molar-refractivity contribution in [1.29, 1.82) is 0 Å². The number of ether oxygens (including phenoxy) is 2. The van der Waals surface area contributed by atoms with Crippen molar-refractivity contribution in [2.24, 2.45) is 5.92 Å². The summed E-state index contributed by atoms with van der Waals surface area (Å²) in [5.74, 6) is 4.62. The number of carbonyl (C=O) groups is 3. The lowest BCUT2D eigenvalue weighted by Gasteiger charge is -2.46. The Balaban J connectivity index is 1.27. The number of nitrogens with zero attached hydrogens (tertiary/aromatic N) is 2. The van der Waals surface area contributed by atoms with Gasteiger partial charge in [0.1, 0.15) is 29.9 Å². The molecule has 9 rings (SSSR count). The van der Waals surface area contributed by atoms with Crippen LogP contribution in [0.25, 0.3) is 0 Å². The molecule has 3 N–H and O–H groups in total. The monoisotopic (exact) mass is 798 g/mol. The first-order chi connectivity index (χ1) is 29.5. The molecule has 4 aromatic carbocycles. The second-order valence-corrected chi connectivity index (χ2v) is 15.7. The molecule has 1 aliphatic carbocycles. The summed E-state index contributed by atoms with van der Waals surface area (Å²) in [5, 5.41) is 15.8. The predicted octanol–water partition coefficient (Wildman–Crippen LogP) is 6.93. The molecule has 2 fully saturated rings. The van der Waals surface area contributed by atoms with E-state index in [1.54, 1.807) is 18.3 Å². The summed E-state index contributed by atoms with van der Waals surface area (Å²) < 4.78 is 12.3. The lowest BCUT2D eigenvalue weighted by molar-refractivity contribution is -0.178. The molecule has 0 bridgehead atoms. The Bertz CT molecular complexity index is 2470. The van der Waals surface area contributed by atoms with Gasteiger partial charge in [0, 0.05) is 36.1 Å². The van der Waals surface area contributed by atoms with Crippen LogP contribution in [0.3, 0.4) is 0 Å². The highest BCUT2D eigenvalue weighted by Crippen LogP contribution is 2.64. The number of benzene rings is 4. The van der Waals surface area contributed by atoms with E-state index in [1.165, 1.54) is 0 Å². The predicted molar refractivity (Wildman–Crippen MR) is 226 cm³/mol. The first-order valence-corrected chi connectivity index (χ1v) is 20.7. The van der Waals surface area contributed by atoms with Crippen molar-refractivity contribution >= 4 is 23.5 Å². The zero-order valence-electron chi connectivity index (χ0n) is 33.1. The molecule has 3 aliphatic heterocycles. The van der Waals surface area contributed by atoms with Crippen LogP contribution in [0.2, 0.25) is 0 Å². The standard InChI is InChI=1S/C50H46N4O6/c55-30-31-59-39-24-22-37(23-25-39)46-50(40-32-34(21-26-41(40)53-49(50)58)20-19-33-12-4-1-5-13-33)42(47(56)52-29-27-38-18-10-11-28-51-38)44-48(57)60-45(36-16-8-3-9-17-36)43(54(44)46)35-14-6-2-7-15-35/h2-3,6-12,14-18,21-26,28,32,42-46,55H,1,4-5,13,27,29-31H2,(H,52,56)(H,53,58). The van der Waals surface area contributed by atoms with Gasteiger partial charge in [0.2, 0.25) is 11.8 Å². The number of aromatic nitrogens is 1. The second-order valence-electron chi connectivity index (χ2n) is 15.7. The molecule has 302 valence electrons. The average molecular weight is 799 g/mol. The Morgan fingerprint density at radius 1 is 0.883 bits per heavy atom. The number of amides is 2. The van der Waals surface area contributed by atoms with Crippen LogP contribution in [0, 0.1) is 17.8 Å². The Morgan fingerprint density at radius 2 is 1.65 bits per heavy atom. The second kappa shape index (κ2) is 17.0. The van der Waals surface area contributed by atoms with Gasteiger partial charge in [-0.2, -0.15) is 0 Å². The van der Waals surface area contributed by atoms with Crippen LogP contribution in [0.5, 0.6) is 5.75 Å². The lowest BCUT2D eigenvalue weighted by Crippen LogP contribution is -2.55. The molecular formula is C50H46N4O6. The molecule has 6 unspecified atom stereocenters. The Hall–Kier alpha value is -6.54. The van der Waals surface area contributed by atoms with Crippen molar-refractivity contribution in [3.8, 4) is 17.6 Å². The zero-order valence-corrected chi connectivity index (χ0v) is 33.1. The maximum absolute atomic E-state index is 15.4. The SMILES string of the molecule is O=C1OC(c2ccccc2)C(c2ccccc2)N2C1C(C(=O)NCCc1ccccn1)C1(C(=O)Nc3ccc(C#CC4=CCCCC4)cc31)C2c1ccc(OCCO)cc1. The summed E-state index contributed by atoms with van der Waals surface area (Å²) >= 11 is 0. The minimum absolute atomic E-state index is 0.110. The summed E-state index contributed by atoms with van der Waals surface area (Å²) in [5.41, 5.74) is 4.46. The van der Waals surface area contributed by atoms with E-state index in [-0.39, 0.29) is 19.8 Å². The third-order valence-electron chi connectivity index (χ3n) is 12.2. The van der Waals surface area contributed by atoms with Crippen molar-refractivity contribution in [3.63, 3.8) is 0 Å². The summed E-state index contributed by atoms with van der Waals surface area (Å²) in [6.07, 6.45) is 7.74. The normalized spacial score (nSPS) is 24.3. The minimum Gasteiger partial charge on any atom is -0.491 e. The highest BCUT2D eigenvalue weighted by molar-refractivity contribution is 6.12. The number of esters is 1. The van der Waals surface area contributed by atoms with Gasteiger partial charge in [-0.3, -0.25) is 24.3 Å². The quantitative estimate of drug-likeness (QED) is 0.103. The summed E-state index contributed by atoms with van der Waals surface area (Å²) in [6, 6.07) is 35.5. The number of pyridine rings is 1. The fourth-order valence-electron chi connectivity index (χ4n) is 9.65. The smallest absolute Gasteiger partial charge is 0.324 e. The number of allylic oxidation sites excluding steroid dienone is 2. The number of hydrogen-bond acceptors (Lipinski definition) is 8. The summed E-state index contributed by atoms with van der Waals surface area (Å²) in [7, 11) is 0. The number of fused-ring (bicyclic) bond motifs is 3. The van der Waals surface area contributed by atoms with Gasteiger partial charge in [-0.1, -0.05) is 96.8 Å². The van der Waals surface area contributed by atoms with Gasteiger partial charge in [0.05, 0.1) is 24.6 Å². The molecule has 4 aliphatic rings. The van der Waals surface area contributed by atoms with Gasteiger partial charge in [-0.25, -0.2) is 0 Å². The molecule has 0 saturated carbocycles. The van der Waals surface area contributed by atoms with Gasteiger partial charge in [0.25, 0.3) is 0 Å². The number of carbonyl (C=O) groups excluding carboxylic acids is 3. The fourth-order valence-corrected chi connectivity index (χ4v) is 9.65. The lowest BCUT2D eigenvalue weighted by atomic mass is 9.65. The van der Waals surface area contributed by atoms with Crippen molar-refractivity contribution in [3.05, 3.63) is 173 Å². The van der Waals surface area contributed by atoms with Crippen molar-refractivity contribution in [2.75, 3.05) is 25.1 Å². The van der Waals surface area contributed by atoms with Crippen LogP contribution in [0.1, 0.15) is 77.4 Å². The van der Waals surface area contributed by atoms with E-state index in [4.69, 9.17) is 9.47 Å². The van der Waals surface area contributed by atoms with E-state index < -0.39 is 53.3 Å². The molecule has 2 amide bonds. The van der Waals surface area contributed by atoms with E-state index in [2.05, 4.69) is 38.4 Å². The minimum atomic E-state index is -1.64. The van der Waals surface area contributed by atoms with Crippen LogP contribution in [0.4, 0.5) is 5.69 Å². The van der Waals surface area contributed by atoms with Gasteiger partial charge in [-0.15, -0.1) is 0 Å². The molecule has 4 heterocycles. The van der Waals surface area contributed by atoms with E-state index >= 15 is 14.4 Å². The molecule has 1 aromatic heterocycles. The number of anilines is 1. The topological polar surface area (TPSA) is 130 Å². The third kappa shape index (κ3) is 7.14. The van der Waals surface area contributed by atoms with Crippen LogP contribution >= 0.6 is 0 Å². The molecule has 1 spiro atoms. The fraction of sp³-hybridized carbons (Fsp3) is 0.280. The van der Waals surface area contributed by atoms with Gasteiger partial charge in [-0.05, 0) is 96.0 Å². The van der Waals surface area contributed by atoms with Crippen LogP contribution in [-0.4, -0.2) is 58.6 Å². The molecule has 2 saturated heterocycles. The van der Waals surface area contributed by atoms with E-state index in [1.807, 2.05) is 109 Å². The Morgan fingerprint density at radius 3 is 2.37 bits per heavy atom. The number of morpholine rings is 1. The third-order valence-corrected chi connectivity index (χ3v) is 12.2. The molecule has 6 atom stereocenters. The van der Waals surface area contributed by atoms with Gasteiger partial charge in [0.15, 0.2) is 0 Å². The van der Waals surface area contributed by atoms with Crippen molar-refractivity contribution < 1.29 is 29.0 Å². The molecule has 0 radical (unpaired) electrons. The highest BCUT2D eigenvalue weighted by atomic mass is 16.6. The summed E-state index contributed by atoms with van der Waals surface area (Å²) in [6.45, 7) is 0.190. The van der Waals surface area contributed by atoms with Crippen molar-refractivity contribution in [2.45, 2.75) is 61.7 Å². The number of hydrogen-bond donors (Lipinski definition) is 3. The number of rotatable bonds is 10. The highest BCUT2D eigenvalue weighted by Gasteiger charge is 2.74. The van der Waals surface area contributed by atoms with E-state index in [0.717, 1.165) is 48.1 Å². The Labute approximate surface area is 349 Å². The van der Waals surface area contributed by atoms with E-state index in [9.17, 15) is 5.11 Å². The van der Waals surface area contributed by atoms with Crippen LogP contribution in [-0.2, 0) is 31.0 Å². The molecule has 60 heavy (non-hydrogen) atoms. The molecular weight excluding hydrogens is 753 g/mol. The Kier molecular flexibility index (Phi) is 11.0. The van der Waals surface area contributed by atoms with Gasteiger partial charge < -0.3 is 25.2 Å². The maximum atomic E-state index is 15.4. The molecule has 5 aromatic rings. The van der Waals surface area contributed by atoms with Gasteiger partial charge >= 0.3 is 5.97 Å².